The summed E-state index contributed by atoms with van der Waals surface area (Å²) in [5.74, 6) is 0.735. The standard InChI is InChI=1S/C17H17IO2S/c1-13(11-12-14-7-3-2-4-8-14)19-17(21)20-16-10-6-5-9-15(16)18/h2-10,13H,11-12H2,1H3. The summed E-state index contributed by atoms with van der Waals surface area (Å²) in [6, 6.07) is 18.1. The molecule has 0 aromatic heterocycles. The molecule has 110 valence electrons. The maximum absolute atomic E-state index is 5.64. The van der Waals surface area contributed by atoms with Gasteiger partial charge >= 0.3 is 5.24 Å². The highest BCUT2D eigenvalue weighted by molar-refractivity contribution is 14.1. The van der Waals surface area contributed by atoms with E-state index in [1.165, 1.54) is 5.56 Å². The average molecular weight is 412 g/mol. The number of halogens is 1. The summed E-state index contributed by atoms with van der Waals surface area (Å²) in [6.07, 6.45) is 1.89. The van der Waals surface area contributed by atoms with Gasteiger partial charge in [0.1, 0.15) is 11.9 Å². The second-order valence-corrected chi connectivity index (χ2v) is 6.23. The van der Waals surface area contributed by atoms with Gasteiger partial charge in [0, 0.05) is 12.2 Å². The van der Waals surface area contributed by atoms with Gasteiger partial charge in [-0.05, 0) is 60.1 Å². The molecule has 0 saturated heterocycles. The largest absolute Gasteiger partial charge is 0.454 e. The fourth-order valence-corrected chi connectivity index (χ4v) is 2.63. The molecule has 2 aromatic carbocycles. The maximum Gasteiger partial charge on any atom is 0.358 e. The molecule has 0 saturated carbocycles. The first kappa shape index (κ1) is 16.2. The number of rotatable bonds is 5. The van der Waals surface area contributed by atoms with Crippen molar-refractivity contribution < 1.29 is 9.47 Å². The average Bonchev–Trinajstić information content (AvgIpc) is 2.48. The lowest BCUT2D eigenvalue weighted by molar-refractivity contribution is 0.163. The molecule has 2 rings (SSSR count). The first-order chi connectivity index (χ1) is 10.1. The Bertz CT molecular complexity index is 586. The zero-order valence-corrected chi connectivity index (χ0v) is 14.8. The lowest BCUT2D eigenvalue weighted by Gasteiger charge is -2.15. The predicted molar refractivity (Wildman–Crippen MR) is 97.7 cm³/mol. The lowest BCUT2D eigenvalue weighted by atomic mass is 10.1. The van der Waals surface area contributed by atoms with E-state index in [-0.39, 0.29) is 11.3 Å². The fraction of sp³-hybridized carbons (Fsp3) is 0.235. The molecule has 0 heterocycles. The monoisotopic (exact) mass is 412 g/mol. The Kier molecular flexibility index (Phi) is 6.45. The summed E-state index contributed by atoms with van der Waals surface area (Å²) in [4.78, 5) is 0. The number of para-hydroxylation sites is 1. The SMILES string of the molecule is CC(CCc1ccccc1)OC(=S)Oc1ccccc1I. The van der Waals surface area contributed by atoms with Crippen molar-refractivity contribution in [3.8, 4) is 5.75 Å². The molecule has 0 aliphatic heterocycles. The van der Waals surface area contributed by atoms with Crippen molar-refractivity contribution in [1.29, 1.82) is 0 Å². The molecular formula is C17H17IO2S. The van der Waals surface area contributed by atoms with Gasteiger partial charge in [-0.3, -0.25) is 0 Å². The highest BCUT2D eigenvalue weighted by atomic mass is 127. The quantitative estimate of drug-likeness (QED) is 0.509. The topological polar surface area (TPSA) is 18.5 Å². The van der Waals surface area contributed by atoms with Gasteiger partial charge in [-0.25, -0.2) is 0 Å². The number of ether oxygens (including phenoxy) is 2. The third-order valence-corrected chi connectivity index (χ3v) is 4.08. The molecule has 0 bridgehead atoms. The van der Waals surface area contributed by atoms with E-state index < -0.39 is 0 Å². The lowest BCUT2D eigenvalue weighted by Crippen LogP contribution is -2.19. The Morgan fingerprint density at radius 3 is 2.48 bits per heavy atom. The zero-order valence-electron chi connectivity index (χ0n) is 11.8. The zero-order chi connectivity index (χ0) is 15.1. The van der Waals surface area contributed by atoms with Gasteiger partial charge < -0.3 is 9.47 Å². The summed E-state index contributed by atoms with van der Waals surface area (Å²) < 4.78 is 12.2. The predicted octanol–water partition coefficient (Wildman–Crippen LogP) is 4.99. The highest BCUT2D eigenvalue weighted by Gasteiger charge is 2.10. The second-order valence-electron chi connectivity index (χ2n) is 4.74. The van der Waals surface area contributed by atoms with Crippen LogP contribution < -0.4 is 4.74 Å². The van der Waals surface area contributed by atoms with Crippen LogP contribution in [-0.4, -0.2) is 11.3 Å². The van der Waals surface area contributed by atoms with Gasteiger partial charge in [0.05, 0.1) is 3.57 Å². The fourth-order valence-electron chi connectivity index (χ4n) is 1.88. The molecule has 0 fully saturated rings. The van der Waals surface area contributed by atoms with Crippen LogP contribution in [0, 0.1) is 3.57 Å². The van der Waals surface area contributed by atoms with Crippen LogP contribution in [0.15, 0.2) is 54.6 Å². The van der Waals surface area contributed by atoms with Crippen LogP contribution in [0.2, 0.25) is 0 Å². The maximum atomic E-state index is 5.64. The minimum absolute atomic E-state index is 0.0269. The van der Waals surface area contributed by atoms with E-state index in [1.54, 1.807) is 0 Å². The van der Waals surface area contributed by atoms with Crippen LogP contribution in [0.5, 0.6) is 5.75 Å². The molecule has 4 heteroatoms. The number of hydrogen-bond donors (Lipinski definition) is 0. The van der Waals surface area contributed by atoms with Crippen LogP contribution >= 0.6 is 34.8 Å². The van der Waals surface area contributed by atoms with Crippen molar-refractivity contribution in [3.05, 3.63) is 63.7 Å². The summed E-state index contributed by atoms with van der Waals surface area (Å²) in [7, 11) is 0. The summed E-state index contributed by atoms with van der Waals surface area (Å²) in [5, 5.41) is 0.180. The second kappa shape index (κ2) is 8.34. The van der Waals surface area contributed by atoms with Gasteiger partial charge in [0.15, 0.2) is 0 Å². The molecule has 2 nitrogen and oxygen atoms in total. The first-order valence-electron chi connectivity index (χ1n) is 6.82. The van der Waals surface area contributed by atoms with Crippen molar-refractivity contribution in [2.24, 2.45) is 0 Å². The van der Waals surface area contributed by atoms with Crippen LogP contribution in [-0.2, 0) is 11.2 Å². The molecule has 0 spiro atoms. The minimum Gasteiger partial charge on any atom is -0.454 e. The van der Waals surface area contributed by atoms with Crippen molar-refractivity contribution in [3.63, 3.8) is 0 Å². The Morgan fingerprint density at radius 2 is 1.76 bits per heavy atom. The van der Waals surface area contributed by atoms with E-state index in [2.05, 4.69) is 34.7 Å². The van der Waals surface area contributed by atoms with Crippen LogP contribution in [0.3, 0.4) is 0 Å². The van der Waals surface area contributed by atoms with Crippen LogP contribution in [0.25, 0.3) is 0 Å². The molecule has 1 atom stereocenters. The Labute approximate surface area is 144 Å². The van der Waals surface area contributed by atoms with E-state index in [4.69, 9.17) is 21.7 Å². The van der Waals surface area contributed by atoms with E-state index in [1.807, 2.05) is 49.4 Å². The van der Waals surface area contributed by atoms with Gasteiger partial charge in [-0.1, -0.05) is 42.5 Å². The van der Waals surface area contributed by atoms with E-state index in [0.717, 1.165) is 22.2 Å². The smallest absolute Gasteiger partial charge is 0.358 e. The van der Waals surface area contributed by atoms with Crippen molar-refractivity contribution in [1.82, 2.24) is 0 Å². The summed E-state index contributed by atoms with van der Waals surface area (Å²) >= 11 is 7.37. The Morgan fingerprint density at radius 1 is 1.10 bits per heavy atom. The number of benzene rings is 2. The summed E-state index contributed by atoms with van der Waals surface area (Å²) in [6.45, 7) is 2.01. The Balaban J connectivity index is 1.78. The van der Waals surface area contributed by atoms with Gasteiger partial charge in [-0.15, -0.1) is 0 Å². The Hall–Kier alpha value is -1.14. The van der Waals surface area contributed by atoms with Crippen LogP contribution in [0.4, 0.5) is 0 Å². The first-order valence-corrected chi connectivity index (χ1v) is 8.31. The van der Waals surface area contributed by atoms with Crippen LogP contribution in [0.1, 0.15) is 18.9 Å². The number of thiocarbonyl (C=S) groups is 1. The van der Waals surface area contributed by atoms with Crippen molar-refractivity contribution in [2.45, 2.75) is 25.9 Å². The third kappa shape index (κ3) is 5.63. The molecule has 0 aliphatic rings. The van der Waals surface area contributed by atoms with Crippen molar-refractivity contribution in [2.75, 3.05) is 0 Å². The molecule has 1 unspecified atom stereocenters. The van der Waals surface area contributed by atoms with Gasteiger partial charge in [-0.2, -0.15) is 0 Å². The normalized spacial score (nSPS) is 11.7. The van der Waals surface area contributed by atoms with Gasteiger partial charge in [0.2, 0.25) is 0 Å². The molecule has 0 aliphatic carbocycles. The highest BCUT2D eigenvalue weighted by Crippen LogP contribution is 2.20. The molecular weight excluding hydrogens is 395 g/mol. The van der Waals surface area contributed by atoms with E-state index in [0.29, 0.717) is 0 Å². The molecule has 0 radical (unpaired) electrons. The van der Waals surface area contributed by atoms with Gasteiger partial charge in [0.25, 0.3) is 0 Å². The molecule has 21 heavy (non-hydrogen) atoms. The summed E-state index contributed by atoms with van der Waals surface area (Å²) in [5.41, 5.74) is 1.30. The third-order valence-electron chi connectivity index (χ3n) is 3.01. The van der Waals surface area contributed by atoms with E-state index >= 15 is 0 Å². The van der Waals surface area contributed by atoms with Crippen molar-refractivity contribution >= 4 is 40.0 Å². The van der Waals surface area contributed by atoms with E-state index in [9.17, 15) is 0 Å². The molecule has 2 aromatic rings. The molecule has 0 N–H and O–H groups in total. The minimum atomic E-state index is 0.0269. The number of hydrogen-bond acceptors (Lipinski definition) is 3. The molecule has 0 amide bonds. The number of aryl methyl sites for hydroxylation is 1.